The molecular weight excluding hydrogens is 538 g/mol. The van der Waals surface area contributed by atoms with E-state index in [1.54, 1.807) is 12.1 Å². The third kappa shape index (κ3) is 6.14. The van der Waals surface area contributed by atoms with E-state index in [0.29, 0.717) is 22.6 Å². The number of anilines is 1. The van der Waals surface area contributed by atoms with E-state index in [1.807, 2.05) is 0 Å². The molecule has 0 aliphatic heterocycles. The van der Waals surface area contributed by atoms with Crippen molar-refractivity contribution in [2.24, 2.45) is 0 Å². The zero-order valence-electron chi connectivity index (χ0n) is 18.9. The summed E-state index contributed by atoms with van der Waals surface area (Å²) in [5, 5.41) is 0. The highest BCUT2D eigenvalue weighted by Crippen LogP contribution is 2.32. The lowest BCUT2D eigenvalue weighted by atomic mass is 10.1. The number of nitrogens with zero attached hydrogens (tertiary/aromatic N) is 4. The fourth-order valence-corrected chi connectivity index (χ4v) is 3.32. The van der Waals surface area contributed by atoms with Gasteiger partial charge in [0.1, 0.15) is 0 Å². The van der Waals surface area contributed by atoms with Crippen molar-refractivity contribution in [3.63, 3.8) is 0 Å². The van der Waals surface area contributed by atoms with Crippen LogP contribution >= 0.6 is 12.4 Å². The number of hydrogen-bond acceptors (Lipinski definition) is 5. The molecule has 13 heteroatoms. The molecule has 2 heterocycles. The van der Waals surface area contributed by atoms with Gasteiger partial charge in [0.05, 0.1) is 16.8 Å². The van der Waals surface area contributed by atoms with Crippen LogP contribution in [0.4, 0.5) is 32.3 Å². The minimum absolute atomic E-state index is 0. The lowest BCUT2D eigenvalue weighted by Gasteiger charge is -2.20. The predicted octanol–water partition coefficient (Wildman–Crippen LogP) is 6.49. The van der Waals surface area contributed by atoms with Crippen LogP contribution in [-0.4, -0.2) is 26.8 Å². The summed E-state index contributed by atoms with van der Waals surface area (Å²) in [6.07, 6.45) is -5.46. The molecule has 196 valence electrons. The summed E-state index contributed by atoms with van der Waals surface area (Å²) < 4.78 is 79.5. The van der Waals surface area contributed by atoms with Crippen LogP contribution in [0.15, 0.2) is 85.3 Å². The van der Waals surface area contributed by atoms with Crippen molar-refractivity contribution in [1.82, 2.24) is 15.0 Å². The molecule has 6 nitrogen and oxygen atoms in total. The molecule has 2 amide bonds. The van der Waals surface area contributed by atoms with Crippen molar-refractivity contribution in [1.29, 1.82) is 0 Å². The average Bonchev–Trinajstić information content (AvgIpc) is 2.88. The molecule has 4 rings (SSSR count). The van der Waals surface area contributed by atoms with Crippen molar-refractivity contribution in [2.75, 3.05) is 4.90 Å². The second kappa shape index (κ2) is 11.0. The number of benzene rings is 2. The molecule has 0 radical (unpaired) electrons. The topological polar surface area (TPSA) is 76.1 Å². The summed E-state index contributed by atoms with van der Waals surface area (Å²) in [6.45, 7) is 0. The highest BCUT2D eigenvalue weighted by atomic mass is 35.5. The molecule has 0 N–H and O–H groups in total. The van der Waals surface area contributed by atoms with Gasteiger partial charge in [-0.05, 0) is 54.6 Å². The molecule has 4 aromatic rings. The SMILES string of the molecule is Cl.O=C(c1cccc(C(F)(F)F)c1)N(C(=O)c1cccc(C(F)(F)F)c1)c1nccc(-c2cccnc2)n1. The number of carbonyl (C=O) groups is 2. The molecule has 0 bridgehead atoms. The molecule has 0 fully saturated rings. The Bertz CT molecular complexity index is 1390. The minimum Gasteiger partial charge on any atom is -0.268 e. The normalized spacial score (nSPS) is 11.4. The molecule has 0 unspecified atom stereocenters. The fraction of sp³-hybridized carbons (Fsp3) is 0.0800. The molecule has 0 saturated carbocycles. The Morgan fingerprint density at radius 2 is 1.26 bits per heavy atom. The van der Waals surface area contributed by atoms with Gasteiger partial charge in [-0.3, -0.25) is 14.6 Å². The number of pyridine rings is 1. The van der Waals surface area contributed by atoms with Gasteiger partial charge in [-0.15, -0.1) is 12.4 Å². The summed E-state index contributed by atoms with van der Waals surface area (Å²) in [5.41, 5.74) is -2.75. The van der Waals surface area contributed by atoms with Crippen LogP contribution in [0.3, 0.4) is 0 Å². The second-order valence-electron chi connectivity index (χ2n) is 7.59. The molecule has 0 aliphatic carbocycles. The largest absolute Gasteiger partial charge is 0.416 e. The first kappa shape index (κ1) is 28.3. The van der Waals surface area contributed by atoms with Gasteiger partial charge in [0.15, 0.2) is 0 Å². The minimum atomic E-state index is -4.79. The number of halogens is 7. The number of aromatic nitrogens is 3. The summed E-state index contributed by atoms with van der Waals surface area (Å²) in [6, 6.07) is 11.2. The summed E-state index contributed by atoms with van der Waals surface area (Å²) in [7, 11) is 0. The van der Waals surface area contributed by atoms with Crippen molar-refractivity contribution in [3.8, 4) is 11.3 Å². The van der Waals surface area contributed by atoms with E-state index in [2.05, 4.69) is 15.0 Å². The Morgan fingerprint density at radius 1 is 0.711 bits per heavy atom. The Labute approximate surface area is 217 Å². The Balaban J connectivity index is 0.00000400. The van der Waals surface area contributed by atoms with Gasteiger partial charge in [0, 0.05) is 35.3 Å². The number of imide groups is 1. The molecule has 38 heavy (non-hydrogen) atoms. The van der Waals surface area contributed by atoms with Gasteiger partial charge < -0.3 is 0 Å². The molecule has 0 atom stereocenters. The van der Waals surface area contributed by atoms with E-state index in [9.17, 15) is 35.9 Å². The van der Waals surface area contributed by atoms with Gasteiger partial charge >= 0.3 is 12.4 Å². The maximum absolute atomic E-state index is 13.4. The monoisotopic (exact) mass is 552 g/mol. The number of rotatable bonds is 4. The van der Waals surface area contributed by atoms with Gasteiger partial charge in [-0.1, -0.05) is 12.1 Å². The van der Waals surface area contributed by atoms with E-state index >= 15 is 0 Å². The maximum atomic E-state index is 13.4. The van der Waals surface area contributed by atoms with Gasteiger partial charge in [-0.2, -0.15) is 26.3 Å². The number of amides is 2. The zero-order valence-corrected chi connectivity index (χ0v) is 19.7. The maximum Gasteiger partial charge on any atom is 0.416 e. The molecule has 0 aliphatic rings. The Hall–Kier alpha value is -4.32. The molecular formula is C25H15ClF6N4O2. The number of alkyl halides is 6. The first-order chi connectivity index (χ1) is 17.4. The van der Waals surface area contributed by atoms with Gasteiger partial charge in [-0.25, -0.2) is 14.9 Å². The van der Waals surface area contributed by atoms with Crippen LogP contribution in [0.5, 0.6) is 0 Å². The van der Waals surface area contributed by atoms with E-state index in [0.717, 1.165) is 36.4 Å². The lowest BCUT2D eigenvalue weighted by Crippen LogP contribution is -2.38. The van der Waals surface area contributed by atoms with Crippen LogP contribution in [0.1, 0.15) is 31.8 Å². The molecule has 2 aromatic heterocycles. The van der Waals surface area contributed by atoms with E-state index < -0.39 is 52.4 Å². The average molecular weight is 553 g/mol. The smallest absolute Gasteiger partial charge is 0.268 e. The molecule has 0 spiro atoms. The molecule has 0 saturated heterocycles. The zero-order chi connectivity index (χ0) is 26.8. The van der Waals surface area contributed by atoms with Crippen molar-refractivity contribution in [2.45, 2.75) is 12.4 Å². The van der Waals surface area contributed by atoms with Gasteiger partial charge in [0.2, 0.25) is 5.95 Å². The van der Waals surface area contributed by atoms with E-state index in [-0.39, 0.29) is 18.1 Å². The van der Waals surface area contributed by atoms with Crippen molar-refractivity contribution >= 4 is 30.2 Å². The summed E-state index contributed by atoms with van der Waals surface area (Å²) >= 11 is 0. The second-order valence-corrected chi connectivity index (χ2v) is 7.59. The first-order valence-corrected chi connectivity index (χ1v) is 10.4. The third-order valence-corrected chi connectivity index (χ3v) is 5.08. The van der Waals surface area contributed by atoms with Crippen molar-refractivity contribution < 1.29 is 35.9 Å². The first-order valence-electron chi connectivity index (χ1n) is 10.4. The van der Waals surface area contributed by atoms with Gasteiger partial charge in [0.25, 0.3) is 11.8 Å². The van der Waals surface area contributed by atoms with Crippen molar-refractivity contribution in [3.05, 3.63) is 108 Å². The Morgan fingerprint density at radius 3 is 1.74 bits per heavy atom. The van der Waals surface area contributed by atoms with Crippen LogP contribution in [-0.2, 0) is 12.4 Å². The summed E-state index contributed by atoms with van der Waals surface area (Å²) in [4.78, 5) is 39.1. The van der Waals surface area contributed by atoms with Crippen LogP contribution in [0, 0.1) is 0 Å². The highest BCUT2D eigenvalue weighted by Gasteiger charge is 2.35. The lowest BCUT2D eigenvalue weighted by molar-refractivity contribution is -0.138. The third-order valence-electron chi connectivity index (χ3n) is 5.08. The highest BCUT2D eigenvalue weighted by molar-refractivity contribution is 6.25. The fourth-order valence-electron chi connectivity index (χ4n) is 3.32. The number of carbonyl (C=O) groups excluding carboxylic acids is 2. The molecule has 2 aromatic carbocycles. The summed E-state index contributed by atoms with van der Waals surface area (Å²) in [5.74, 6) is -3.08. The van der Waals surface area contributed by atoms with E-state index in [4.69, 9.17) is 0 Å². The van der Waals surface area contributed by atoms with Crippen LogP contribution < -0.4 is 4.90 Å². The Kier molecular flexibility index (Phi) is 8.16. The quantitative estimate of drug-likeness (QED) is 0.214. The van der Waals surface area contributed by atoms with Crippen LogP contribution in [0.25, 0.3) is 11.3 Å². The standard InChI is InChI=1S/C25H14F6N4O2.ClH/c26-24(27,28)18-7-1-4-15(12-18)21(36)35(22(37)16-5-2-8-19(13-16)25(29,30)31)23-33-11-9-20(34-23)17-6-3-10-32-14-17;/h1-14H;1H. The van der Waals surface area contributed by atoms with E-state index in [1.165, 1.54) is 24.7 Å². The van der Waals surface area contributed by atoms with Crippen LogP contribution in [0.2, 0.25) is 0 Å². The predicted molar refractivity (Wildman–Crippen MR) is 127 cm³/mol. The number of hydrogen-bond donors (Lipinski definition) is 0.